The standard InChI is InChI=1S/C19H36O4/c1-7-9-10-13-19(5,6)17(21)23-15-12-11-14-18(3,4)16(20)22-8-2/h7-15H2,1-6H3. The number of rotatable bonds is 12. The van der Waals surface area contributed by atoms with Crippen molar-refractivity contribution in [2.75, 3.05) is 13.2 Å². The molecule has 0 rings (SSSR count). The van der Waals surface area contributed by atoms with E-state index in [1.165, 1.54) is 0 Å². The molecule has 0 spiro atoms. The van der Waals surface area contributed by atoms with E-state index in [9.17, 15) is 9.59 Å². The van der Waals surface area contributed by atoms with Crippen LogP contribution in [-0.4, -0.2) is 25.2 Å². The first-order valence-corrected chi connectivity index (χ1v) is 9.02. The lowest BCUT2D eigenvalue weighted by Crippen LogP contribution is -2.28. The minimum atomic E-state index is -0.473. The van der Waals surface area contributed by atoms with Crippen molar-refractivity contribution in [3.8, 4) is 0 Å². The maximum Gasteiger partial charge on any atom is 0.311 e. The SMILES string of the molecule is CCCCCC(C)(C)C(=O)OCCCCC(C)(C)C(=O)OCC. The van der Waals surface area contributed by atoms with Gasteiger partial charge in [-0.15, -0.1) is 0 Å². The van der Waals surface area contributed by atoms with Gasteiger partial charge in [0.15, 0.2) is 0 Å². The second-order valence-electron chi connectivity index (χ2n) is 7.54. The topological polar surface area (TPSA) is 52.6 Å². The molecule has 0 unspecified atom stereocenters. The molecule has 0 fully saturated rings. The van der Waals surface area contributed by atoms with Crippen molar-refractivity contribution in [2.45, 2.75) is 86.5 Å². The van der Waals surface area contributed by atoms with Gasteiger partial charge >= 0.3 is 11.9 Å². The molecule has 4 nitrogen and oxygen atoms in total. The molecule has 136 valence electrons. The Kier molecular flexibility index (Phi) is 10.2. The highest BCUT2D eigenvalue weighted by atomic mass is 16.5. The van der Waals surface area contributed by atoms with Crippen LogP contribution in [0.5, 0.6) is 0 Å². The highest BCUT2D eigenvalue weighted by Crippen LogP contribution is 2.27. The Morgan fingerprint density at radius 3 is 1.70 bits per heavy atom. The third-order valence-electron chi connectivity index (χ3n) is 4.22. The van der Waals surface area contributed by atoms with E-state index >= 15 is 0 Å². The zero-order chi connectivity index (χ0) is 17.9. The van der Waals surface area contributed by atoms with Crippen LogP contribution < -0.4 is 0 Å². The second-order valence-corrected chi connectivity index (χ2v) is 7.54. The van der Waals surface area contributed by atoms with Crippen LogP contribution in [0.15, 0.2) is 0 Å². The van der Waals surface area contributed by atoms with Crippen molar-refractivity contribution >= 4 is 11.9 Å². The Labute approximate surface area is 142 Å². The van der Waals surface area contributed by atoms with Crippen LogP contribution in [0.4, 0.5) is 0 Å². The first kappa shape index (κ1) is 21.9. The first-order chi connectivity index (χ1) is 10.7. The lowest BCUT2D eigenvalue weighted by molar-refractivity contribution is -0.156. The van der Waals surface area contributed by atoms with Gasteiger partial charge in [0, 0.05) is 0 Å². The summed E-state index contributed by atoms with van der Waals surface area (Å²) < 4.78 is 10.5. The van der Waals surface area contributed by atoms with Gasteiger partial charge < -0.3 is 9.47 Å². The maximum absolute atomic E-state index is 12.1. The normalized spacial score (nSPS) is 12.1. The first-order valence-electron chi connectivity index (χ1n) is 9.02. The maximum atomic E-state index is 12.1. The molecule has 0 N–H and O–H groups in total. The summed E-state index contributed by atoms with van der Waals surface area (Å²) in [5, 5.41) is 0. The summed E-state index contributed by atoms with van der Waals surface area (Å²) in [5.74, 6) is -0.271. The van der Waals surface area contributed by atoms with Crippen molar-refractivity contribution in [1.82, 2.24) is 0 Å². The van der Waals surface area contributed by atoms with Crippen LogP contribution in [0.2, 0.25) is 0 Å². The summed E-state index contributed by atoms with van der Waals surface area (Å²) in [6, 6.07) is 0. The largest absolute Gasteiger partial charge is 0.466 e. The molecule has 0 aromatic rings. The number of ether oxygens (including phenoxy) is 2. The fraction of sp³-hybridized carbons (Fsp3) is 0.895. The van der Waals surface area contributed by atoms with Crippen molar-refractivity contribution in [2.24, 2.45) is 10.8 Å². The third kappa shape index (κ3) is 8.97. The van der Waals surface area contributed by atoms with Crippen LogP contribution in [0.1, 0.15) is 86.5 Å². The van der Waals surface area contributed by atoms with E-state index in [-0.39, 0.29) is 11.9 Å². The van der Waals surface area contributed by atoms with Gasteiger partial charge in [-0.3, -0.25) is 9.59 Å². The summed E-state index contributed by atoms with van der Waals surface area (Å²) in [6.07, 6.45) is 6.60. The van der Waals surface area contributed by atoms with Gasteiger partial charge in [0.25, 0.3) is 0 Å². The lowest BCUT2D eigenvalue weighted by atomic mass is 9.87. The zero-order valence-electron chi connectivity index (χ0n) is 16.0. The quantitative estimate of drug-likeness (QED) is 0.378. The van der Waals surface area contributed by atoms with Crippen molar-refractivity contribution in [3.63, 3.8) is 0 Å². The molecule has 0 aliphatic carbocycles. The summed E-state index contributed by atoms with van der Waals surface area (Å²) >= 11 is 0. The molecule has 0 amide bonds. The Morgan fingerprint density at radius 2 is 1.22 bits per heavy atom. The molecule has 0 heterocycles. The van der Waals surface area contributed by atoms with E-state index in [4.69, 9.17) is 9.47 Å². The van der Waals surface area contributed by atoms with E-state index < -0.39 is 10.8 Å². The van der Waals surface area contributed by atoms with Gasteiger partial charge in [-0.1, -0.05) is 26.2 Å². The summed E-state index contributed by atoms with van der Waals surface area (Å²) in [5.41, 5.74) is -0.876. The molecule has 0 saturated heterocycles. The third-order valence-corrected chi connectivity index (χ3v) is 4.22. The second kappa shape index (κ2) is 10.7. The van der Waals surface area contributed by atoms with Crippen molar-refractivity contribution in [3.05, 3.63) is 0 Å². The highest BCUT2D eigenvalue weighted by Gasteiger charge is 2.30. The predicted octanol–water partition coefficient (Wildman–Crippen LogP) is 4.90. The average Bonchev–Trinajstić information content (AvgIpc) is 2.46. The Hall–Kier alpha value is -1.06. The smallest absolute Gasteiger partial charge is 0.311 e. The Balaban J connectivity index is 3.98. The molecular weight excluding hydrogens is 292 g/mol. The highest BCUT2D eigenvalue weighted by molar-refractivity contribution is 5.76. The summed E-state index contributed by atoms with van der Waals surface area (Å²) in [4.78, 5) is 23.9. The predicted molar refractivity (Wildman–Crippen MR) is 93.1 cm³/mol. The molecule has 0 saturated carbocycles. The fourth-order valence-electron chi connectivity index (χ4n) is 2.38. The van der Waals surface area contributed by atoms with Gasteiger partial charge in [0.2, 0.25) is 0 Å². The number of esters is 2. The van der Waals surface area contributed by atoms with Crippen molar-refractivity contribution < 1.29 is 19.1 Å². The van der Waals surface area contributed by atoms with Crippen LogP contribution in [0, 0.1) is 10.8 Å². The number of hydrogen-bond acceptors (Lipinski definition) is 4. The molecule has 0 aliphatic heterocycles. The molecular formula is C19H36O4. The molecule has 0 radical (unpaired) electrons. The van der Waals surface area contributed by atoms with Gasteiger partial charge in [-0.05, 0) is 60.3 Å². The number of carbonyl (C=O) groups excluding carboxylic acids is 2. The Morgan fingerprint density at radius 1 is 0.739 bits per heavy atom. The van der Waals surface area contributed by atoms with Gasteiger partial charge in [-0.25, -0.2) is 0 Å². The molecule has 0 aromatic carbocycles. The van der Waals surface area contributed by atoms with Crippen LogP contribution in [-0.2, 0) is 19.1 Å². The van der Waals surface area contributed by atoms with Gasteiger partial charge in [-0.2, -0.15) is 0 Å². The zero-order valence-corrected chi connectivity index (χ0v) is 16.0. The van der Waals surface area contributed by atoms with E-state index in [2.05, 4.69) is 6.92 Å². The molecule has 0 atom stereocenters. The van der Waals surface area contributed by atoms with Crippen LogP contribution in [0.3, 0.4) is 0 Å². The molecule has 23 heavy (non-hydrogen) atoms. The molecule has 0 aromatic heterocycles. The molecule has 0 bridgehead atoms. The number of unbranched alkanes of at least 4 members (excludes halogenated alkanes) is 3. The summed E-state index contributed by atoms with van der Waals surface area (Å²) in [7, 11) is 0. The molecule has 0 aliphatic rings. The van der Waals surface area contributed by atoms with E-state index in [0.717, 1.165) is 44.9 Å². The van der Waals surface area contributed by atoms with Crippen LogP contribution >= 0.6 is 0 Å². The van der Waals surface area contributed by atoms with Crippen molar-refractivity contribution in [1.29, 1.82) is 0 Å². The Bertz CT molecular complexity index is 358. The van der Waals surface area contributed by atoms with E-state index in [1.54, 1.807) is 0 Å². The van der Waals surface area contributed by atoms with Gasteiger partial charge in [0.05, 0.1) is 24.0 Å². The van der Waals surface area contributed by atoms with Gasteiger partial charge in [0.1, 0.15) is 0 Å². The van der Waals surface area contributed by atoms with Crippen LogP contribution in [0.25, 0.3) is 0 Å². The number of hydrogen-bond donors (Lipinski definition) is 0. The minimum Gasteiger partial charge on any atom is -0.466 e. The lowest BCUT2D eigenvalue weighted by Gasteiger charge is -2.23. The van der Waals surface area contributed by atoms with E-state index in [1.807, 2.05) is 34.6 Å². The molecule has 4 heteroatoms. The summed E-state index contributed by atoms with van der Waals surface area (Å²) in [6.45, 7) is 12.5. The average molecular weight is 328 g/mol. The fourth-order valence-corrected chi connectivity index (χ4v) is 2.38. The monoisotopic (exact) mass is 328 g/mol. The minimum absolute atomic E-state index is 0.113. The number of carbonyl (C=O) groups is 2. The van der Waals surface area contributed by atoms with E-state index in [0.29, 0.717) is 13.2 Å².